The van der Waals surface area contributed by atoms with Gasteiger partial charge in [0, 0.05) is 29.5 Å². The number of nitrogens with zero attached hydrogens (tertiary/aromatic N) is 1. The Bertz CT molecular complexity index is 807. The molecule has 1 aromatic heterocycles. The van der Waals surface area contributed by atoms with E-state index >= 15 is 0 Å². The number of nitrogens with one attached hydrogen (secondary N) is 1. The first-order chi connectivity index (χ1) is 12.2. The highest BCUT2D eigenvalue weighted by Crippen LogP contribution is 2.35. The highest BCUT2D eigenvalue weighted by atomic mass is 32.2. The zero-order chi connectivity index (χ0) is 17.5. The van der Waals surface area contributed by atoms with Gasteiger partial charge in [-0.15, -0.1) is 11.8 Å². The van der Waals surface area contributed by atoms with Crippen molar-refractivity contribution in [3.63, 3.8) is 0 Å². The van der Waals surface area contributed by atoms with Crippen molar-refractivity contribution >= 4 is 23.4 Å². The van der Waals surface area contributed by atoms with Gasteiger partial charge in [0.1, 0.15) is 5.25 Å². The van der Waals surface area contributed by atoms with E-state index in [1.807, 2.05) is 66.7 Å². The third-order valence-electron chi connectivity index (χ3n) is 3.66. The van der Waals surface area contributed by atoms with Gasteiger partial charge in [-0.25, -0.2) is 0 Å². The van der Waals surface area contributed by atoms with Gasteiger partial charge in [-0.2, -0.15) is 0 Å². The molecule has 126 valence electrons. The molecule has 1 heterocycles. The molecule has 0 saturated carbocycles. The number of nitrogen functional groups attached to an aromatic ring is 1. The molecule has 4 nitrogen and oxygen atoms in total. The largest absolute Gasteiger partial charge is 0.399 e. The summed E-state index contributed by atoms with van der Waals surface area (Å²) in [6.45, 7) is 0.457. The Hall–Kier alpha value is -2.79. The van der Waals surface area contributed by atoms with Crippen LogP contribution in [0.25, 0.3) is 0 Å². The number of thioether (sulfide) groups is 1. The number of benzene rings is 2. The first-order valence-electron chi connectivity index (χ1n) is 7.96. The number of rotatable bonds is 6. The molecule has 0 aliphatic carbocycles. The van der Waals surface area contributed by atoms with Crippen molar-refractivity contribution in [3.05, 3.63) is 90.3 Å². The van der Waals surface area contributed by atoms with E-state index in [1.165, 1.54) is 11.8 Å². The van der Waals surface area contributed by atoms with Gasteiger partial charge in [-0.1, -0.05) is 36.4 Å². The third-order valence-corrected chi connectivity index (χ3v) is 4.93. The van der Waals surface area contributed by atoms with E-state index in [2.05, 4.69) is 10.3 Å². The Morgan fingerprint density at radius 2 is 1.80 bits per heavy atom. The Morgan fingerprint density at radius 1 is 1.04 bits per heavy atom. The Kier molecular flexibility index (Phi) is 5.69. The normalized spacial score (nSPS) is 11.7. The molecule has 0 aliphatic rings. The number of nitrogens with two attached hydrogens (primary N) is 1. The van der Waals surface area contributed by atoms with Gasteiger partial charge in [0.25, 0.3) is 0 Å². The van der Waals surface area contributed by atoms with Crippen LogP contribution in [0.4, 0.5) is 5.69 Å². The highest BCUT2D eigenvalue weighted by Gasteiger charge is 2.21. The smallest absolute Gasteiger partial charge is 0.238 e. The van der Waals surface area contributed by atoms with E-state index in [0.29, 0.717) is 12.2 Å². The van der Waals surface area contributed by atoms with Crippen molar-refractivity contribution in [2.45, 2.75) is 16.7 Å². The number of anilines is 1. The number of hydrogen-bond acceptors (Lipinski definition) is 4. The maximum absolute atomic E-state index is 12.8. The number of amides is 1. The second-order valence-electron chi connectivity index (χ2n) is 5.56. The summed E-state index contributed by atoms with van der Waals surface area (Å²) in [6, 6.07) is 21.1. The highest BCUT2D eigenvalue weighted by molar-refractivity contribution is 8.00. The van der Waals surface area contributed by atoms with E-state index in [4.69, 9.17) is 5.73 Å². The Labute approximate surface area is 151 Å². The van der Waals surface area contributed by atoms with Crippen LogP contribution < -0.4 is 11.1 Å². The fourth-order valence-electron chi connectivity index (χ4n) is 2.37. The van der Waals surface area contributed by atoms with E-state index < -0.39 is 0 Å². The third kappa shape index (κ3) is 4.84. The molecule has 1 atom stereocenters. The molecule has 25 heavy (non-hydrogen) atoms. The van der Waals surface area contributed by atoms with Crippen molar-refractivity contribution in [1.29, 1.82) is 0 Å². The van der Waals surface area contributed by atoms with E-state index in [-0.39, 0.29) is 11.2 Å². The number of pyridine rings is 1. The topological polar surface area (TPSA) is 68.0 Å². The molecule has 1 unspecified atom stereocenters. The van der Waals surface area contributed by atoms with Crippen LogP contribution in [0.3, 0.4) is 0 Å². The van der Waals surface area contributed by atoms with Crippen LogP contribution in [-0.2, 0) is 11.3 Å². The molecule has 5 heteroatoms. The van der Waals surface area contributed by atoms with E-state index in [0.717, 1.165) is 16.0 Å². The number of hydrogen-bond donors (Lipinski definition) is 2. The molecule has 0 aliphatic heterocycles. The molecule has 3 rings (SSSR count). The molecule has 0 saturated heterocycles. The van der Waals surface area contributed by atoms with Crippen LogP contribution in [0.2, 0.25) is 0 Å². The molecule has 0 radical (unpaired) electrons. The molecule has 0 bridgehead atoms. The van der Waals surface area contributed by atoms with Gasteiger partial charge >= 0.3 is 0 Å². The summed E-state index contributed by atoms with van der Waals surface area (Å²) in [7, 11) is 0. The average molecular weight is 349 g/mol. The summed E-state index contributed by atoms with van der Waals surface area (Å²) in [5.74, 6) is -0.0307. The standard InChI is InChI=1S/C20H19N3OS/c21-17-8-10-18(11-9-17)25-19(16-6-2-1-3-7-16)20(24)23-14-15-5-4-12-22-13-15/h1-13,19H,14,21H2,(H,23,24). The molecule has 1 amide bonds. The van der Waals surface area contributed by atoms with E-state index in [9.17, 15) is 4.79 Å². The zero-order valence-electron chi connectivity index (χ0n) is 13.6. The lowest BCUT2D eigenvalue weighted by Gasteiger charge is -2.17. The van der Waals surface area contributed by atoms with Crippen LogP contribution in [0, 0.1) is 0 Å². The van der Waals surface area contributed by atoms with Crippen LogP contribution in [0.1, 0.15) is 16.4 Å². The maximum atomic E-state index is 12.8. The first kappa shape index (κ1) is 17.0. The molecular weight excluding hydrogens is 330 g/mol. The fraction of sp³-hybridized carbons (Fsp3) is 0.100. The summed E-state index contributed by atoms with van der Waals surface area (Å²) in [4.78, 5) is 17.9. The van der Waals surface area contributed by atoms with E-state index in [1.54, 1.807) is 12.4 Å². The summed E-state index contributed by atoms with van der Waals surface area (Å²) < 4.78 is 0. The van der Waals surface area contributed by atoms with Crippen molar-refractivity contribution < 1.29 is 4.79 Å². The SMILES string of the molecule is Nc1ccc(SC(C(=O)NCc2cccnc2)c2ccccc2)cc1. The minimum absolute atomic E-state index is 0.0307. The van der Waals surface area contributed by atoms with Gasteiger partial charge in [0.2, 0.25) is 5.91 Å². The second-order valence-corrected chi connectivity index (χ2v) is 6.74. The van der Waals surface area contributed by atoms with Gasteiger partial charge in [0.15, 0.2) is 0 Å². The monoisotopic (exact) mass is 349 g/mol. The van der Waals surface area contributed by atoms with Crippen molar-refractivity contribution in [3.8, 4) is 0 Å². The number of aromatic nitrogens is 1. The Morgan fingerprint density at radius 3 is 2.48 bits per heavy atom. The predicted octanol–water partition coefficient (Wildman–Crippen LogP) is 3.81. The van der Waals surface area contributed by atoms with Crippen molar-refractivity contribution in [1.82, 2.24) is 10.3 Å². The van der Waals surface area contributed by atoms with Crippen LogP contribution in [0.15, 0.2) is 84.0 Å². The van der Waals surface area contributed by atoms with Crippen molar-refractivity contribution in [2.24, 2.45) is 0 Å². The molecule has 3 N–H and O–H groups in total. The zero-order valence-corrected chi connectivity index (χ0v) is 14.4. The number of carbonyl (C=O) groups is 1. The molecule has 0 spiro atoms. The maximum Gasteiger partial charge on any atom is 0.238 e. The van der Waals surface area contributed by atoms with Crippen LogP contribution >= 0.6 is 11.8 Å². The minimum atomic E-state index is -0.332. The van der Waals surface area contributed by atoms with Gasteiger partial charge in [-0.3, -0.25) is 9.78 Å². The quantitative estimate of drug-likeness (QED) is 0.524. The van der Waals surface area contributed by atoms with Gasteiger partial charge in [-0.05, 0) is 41.5 Å². The molecule has 3 aromatic rings. The number of carbonyl (C=O) groups excluding carboxylic acids is 1. The van der Waals surface area contributed by atoms with Crippen LogP contribution in [0.5, 0.6) is 0 Å². The summed E-state index contributed by atoms with van der Waals surface area (Å²) >= 11 is 1.51. The summed E-state index contributed by atoms with van der Waals surface area (Å²) in [5.41, 5.74) is 8.39. The summed E-state index contributed by atoms with van der Waals surface area (Å²) in [6.07, 6.45) is 3.47. The minimum Gasteiger partial charge on any atom is -0.399 e. The van der Waals surface area contributed by atoms with Gasteiger partial charge in [0.05, 0.1) is 0 Å². The van der Waals surface area contributed by atoms with Crippen molar-refractivity contribution in [2.75, 3.05) is 5.73 Å². The lowest BCUT2D eigenvalue weighted by atomic mass is 10.1. The second kappa shape index (κ2) is 8.35. The van der Waals surface area contributed by atoms with Crippen LogP contribution in [-0.4, -0.2) is 10.9 Å². The summed E-state index contributed by atoms with van der Waals surface area (Å²) in [5, 5.41) is 2.67. The predicted molar refractivity (Wildman–Crippen MR) is 102 cm³/mol. The van der Waals surface area contributed by atoms with Gasteiger partial charge < -0.3 is 11.1 Å². The lowest BCUT2D eigenvalue weighted by molar-refractivity contribution is -0.120. The molecular formula is C20H19N3OS. The fourth-order valence-corrected chi connectivity index (χ4v) is 3.42. The lowest BCUT2D eigenvalue weighted by Crippen LogP contribution is -2.27. The first-order valence-corrected chi connectivity index (χ1v) is 8.84. The average Bonchev–Trinajstić information content (AvgIpc) is 2.67. The Balaban J connectivity index is 1.76. The molecule has 2 aromatic carbocycles. The molecule has 0 fully saturated rings.